The van der Waals surface area contributed by atoms with Crippen LogP contribution in [0.25, 0.3) is 0 Å². The average molecular weight is 336 g/mol. The quantitative estimate of drug-likeness (QED) is 0.566. The second-order valence-electron chi connectivity index (χ2n) is 3.97. The van der Waals surface area contributed by atoms with Gasteiger partial charge in [0.1, 0.15) is 12.4 Å². The molecule has 0 aliphatic carbocycles. The topological polar surface area (TPSA) is 63.7 Å². The van der Waals surface area contributed by atoms with Gasteiger partial charge in [0.05, 0.1) is 16.5 Å². The molecule has 0 heterocycles. The van der Waals surface area contributed by atoms with Gasteiger partial charge in [-0.15, -0.1) is 6.58 Å². The maximum Gasteiger partial charge on any atom is 0.321 e. The molecule has 1 aromatic rings. The molecule has 0 saturated heterocycles. The Kier molecular flexibility index (Phi) is 6.32. The zero-order valence-electron chi connectivity index (χ0n) is 11.4. The third kappa shape index (κ3) is 4.52. The molecule has 5 nitrogen and oxygen atoms in total. The lowest BCUT2D eigenvalue weighted by atomic mass is 10.3. The van der Waals surface area contributed by atoms with E-state index in [4.69, 9.17) is 16.3 Å². The highest BCUT2D eigenvalue weighted by Crippen LogP contribution is 2.22. The number of halogens is 2. The van der Waals surface area contributed by atoms with Gasteiger partial charge in [-0.25, -0.2) is 12.8 Å². The van der Waals surface area contributed by atoms with E-state index in [-0.39, 0.29) is 23.1 Å². The van der Waals surface area contributed by atoms with Crippen LogP contribution in [0.3, 0.4) is 0 Å². The first-order chi connectivity index (χ1) is 9.82. The summed E-state index contributed by atoms with van der Waals surface area (Å²) >= 11 is 5.59. The average Bonchev–Trinajstić information content (AvgIpc) is 2.41. The number of hydrogen-bond acceptors (Lipinski definition) is 4. The summed E-state index contributed by atoms with van der Waals surface area (Å²) in [5.41, 5.74) is 0. The van der Waals surface area contributed by atoms with Crippen LogP contribution in [0.4, 0.5) is 4.39 Å². The van der Waals surface area contributed by atoms with Crippen molar-refractivity contribution in [1.29, 1.82) is 0 Å². The summed E-state index contributed by atoms with van der Waals surface area (Å²) < 4.78 is 43.5. The van der Waals surface area contributed by atoms with Gasteiger partial charge < -0.3 is 4.74 Å². The Hall–Kier alpha value is -1.44. The van der Waals surface area contributed by atoms with Gasteiger partial charge in [-0.2, -0.15) is 4.31 Å². The zero-order chi connectivity index (χ0) is 16.0. The number of esters is 1. The Morgan fingerprint density at radius 2 is 2.19 bits per heavy atom. The molecule has 0 aliphatic heterocycles. The molecule has 0 radical (unpaired) electrons. The van der Waals surface area contributed by atoms with E-state index >= 15 is 0 Å². The minimum Gasteiger partial charge on any atom is -0.465 e. The highest BCUT2D eigenvalue weighted by Gasteiger charge is 2.26. The normalized spacial score (nSPS) is 11.4. The molecule has 8 heteroatoms. The molecule has 0 saturated carbocycles. The molecule has 0 bridgehead atoms. The Bertz CT molecular complexity index is 633. The van der Waals surface area contributed by atoms with Crippen LogP contribution < -0.4 is 0 Å². The van der Waals surface area contributed by atoms with Crippen LogP contribution in [0.1, 0.15) is 6.92 Å². The third-order valence-corrected chi connectivity index (χ3v) is 4.57. The van der Waals surface area contributed by atoms with Gasteiger partial charge in [0.25, 0.3) is 0 Å². The molecule has 0 fully saturated rings. The summed E-state index contributed by atoms with van der Waals surface area (Å²) in [6, 6.07) is 3.02. The fraction of sp³-hybridized carbons (Fsp3) is 0.308. The van der Waals surface area contributed by atoms with E-state index in [1.807, 2.05) is 0 Å². The minimum atomic E-state index is -4.01. The lowest BCUT2D eigenvalue weighted by Crippen LogP contribution is -2.36. The molecule has 1 rings (SSSR count). The van der Waals surface area contributed by atoms with E-state index in [2.05, 4.69) is 6.58 Å². The standard InChI is InChI=1S/C13H15ClFNO4S/c1-3-7-16(9-13(17)20-4-2)21(18,19)10-5-6-12(15)11(14)8-10/h3,5-6,8H,1,4,7,9H2,2H3. The lowest BCUT2D eigenvalue weighted by molar-refractivity contribution is -0.143. The van der Waals surface area contributed by atoms with Gasteiger partial charge in [0.15, 0.2) is 0 Å². The predicted octanol–water partition coefficient (Wildman–Crippen LogP) is 2.22. The zero-order valence-corrected chi connectivity index (χ0v) is 13.0. The van der Waals surface area contributed by atoms with Crippen LogP contribution in [-0.2, 0) is 19.6 Å². The van der Waals surface area contributed by atoms with Crippen LogP contribution in [0.5, 0.6) is 0 Å². The van der Waals surface area contributed by atoms with Crippen molar-refractivity contribution >= 4 is 27.6 Å². The van der Waals surface area contributed by atoms with Crippen molar-refractivity contribution in [3.8, 4) is 0 Å². The second-order valence-corrected chi connectivity index (χ2v) is 6.31. The van der Waals surface area contributed by atoms with Crippen molar-refractivity contribution < 1.29 is 22.3 Å². The molecule has 0 N–H and O–H groups in total. The van der Waals surface area contributed by atoms with Crippen molar-refractivity contribution in [2.24, 2.45) is 0 Å². The lowest BCUT2D eigenvalue weighted by Gasteiger charge is -2.19. The number of rotatable bonds is 7. The van der Waals surface area contributed by atoms with Crippen molar-refractivity contribution in [3.05, 3.63) is 41.7 Å². The first-order valence-electron chi connectivity index (χ1n) is 6.04. The molecule has 0 unspecified atom stereocenters. The number of hydrogen-bond donors (Lipinski definition) is 0. The first kappa shape index (κ1) is 17.6. The van der Waals surface area contributed by atoms with Gasteiger partial charge >= 0.3 is 5.97 Å². The summed E-state index contributed by atoms with van der Waals surface area (Å²) in [6.45, 7) is 4.66. The first-order valence-corrected chi connectivity index (χ1v) is 7.86. The number of benzene rings is 1. The predicted molar refractivity (Wildman–Crippen MR) is 77.0 cm³/mol. The van der Waals surface area contributed by atoms with Crippen molar-refractivity contribution in [2.75, 3.05) is 19.7 Å². The van der Waals surface area contributed by atoms with Crippen molar-refractivity contribution in [1.82, 2.24) is 4.31 Å². The molecule has 1 aromatic carbocycles. The highest BCUT2D eigenvalue weighted by molar-refractivity contribution is 7.89. The largest absolute Gasteiger partial charge is 0.465 e. The molecule has 0 spiro atoms. The molecule has 0 aliphatic rings. The Morgan fingerprint density at radius 3 is 2.71 bits per heavy atom. The van der Waals surface area contributed by atoms with Gasteiger partial charge in [0, 0.05) is 6.54 Å². The van der Waals surface area contributed by atoms with E-state index < -0.39 is 28.4 Å². The number of nitrogens with zero attached hydrogens (tertiary/aromatic N) is 1. The van der Waals surface area contributed by atoms with Crippen molar-refractivity contribution in [3.63, 3.8) is 0 Å². The maximum absolute atomic E-state index is 13.1. The van der Waals surface area contributed by atoms with Gasteiger partial charge in [-0.3, -0.25) is 4.79 Å². The van der Waals surface area contributed by atoms with Gasteiger partial charge in [-0.05, 0) is 25.1 Å². The summed E-state index contributed by atoms with van der Waals surface area (Å²) in [5.74, 6) is -1.41. The maximum atomic E-state index is 13.1. The summed E-state index contributed by atoms with van der Waals surface area (Å²) in [7, 11) is -4.01. The summed E-state index contributed by atoms with van der Waals surface area (Å²) in [6.07, 6.45) is 1.34. The molecular weight excluding hydrogens is 321 g/mol. The van der Waals surface area contributed by atoms with E-state index in [0.717, 1.165) is 22.5 Å². The third-order valence-electron chi connectivity index (χ3n) is 2.47. The number of carbonyl (C=O) groups is 1. The molecular formula is C13H15ClFNO4S. The Labute approximate surface area is 128 Å². The fourth-order valence-electron chi connectivity index (χ4n) is 1.53. The van der Waals surface area contributed by atoms with Crippen LogP contribution in [0.2, 0.25) is 5.02 Å². The molecule has 21 heavy (non-hydrogen) atoms. The van der Waals surface area contributed by atoms with Crippen LogP contribution in [0.15, 0.2) is 35.7 Å². The van der Waals surface area contributed by atoms with Crippen LogP contribution in [0, 0.1) is 5.82 Å². The van der Waals surface area contributed by atoms with E-state index in [0.29, 0.717) is 0 Å². The number of carbonyl (C=O) groups excluding carboxylic acids is 1. The van der Waals surface area contributed by atoms with Gasteiger partial charge in [-0.1, -0.05) is 17.7 Å². The Balaban J connectivity index is 3.11. The summed E-state index contributed by atoms with van der Waals surface area (Å²) in [5, 5.41) is -0.314. The second kappa shape index (κ2) is 7.53. The SMILES string of the molecule is C=CCN(CC(=O)OCC)S(=O)(=O)c1ccc(F)c(Cl)c1. The number of ether oxygens (including phenoxy) is 1. The fourth-order valence-corrected chi connectivity index (χ4v) is 3.16. The van der Waals surface area contributed by atoms with Gasteiger partial charge in [0.2, 0.25) is 10.0 Å². The highest BCUT2D eigenvalue weighted by atomic mass is 35.5. The molecule has 0 atom stereocenters. The van der Waals surface area contributed by atoms with E-state index in [1.165, 1.54) is 6.08 Å². The number of sulfonamides is 1. The molecule has 0 amide bonds. The van der Waals surface area contributed by atoms with Crippen LogP contribution >= 0.6 is 11.6 Å². The van der Waals surface area contributed by atoms with E-state index in [9.17, 15) is 17.6 Å². The van der Waals surface area contributed by atoms with Crippen LogP contribution in [-0.4, -0.2) is 38.4 Å². The summed E-state index contributed by atoms with van der Waals surface area (Å²) in [4.78, 5) is 11.3. The van der Waals surface area contributed by atoms with E-state index in [1.54, 1.807) is 6.92 Å². The molecule has 0 aromatic heterocycles. The smallest absolute Gasteiger partial charge is 0.321 e. The van der Waals surface area contributed by atoms with Crippen molar-refractivity contribution in [2.45, 2.75) is 11.8 Å². The monoisotopic (exact) mass is 335 g/mol. The minimum absolute atomic E-state index is 0.0872. The Morgan fingerprint density at radius 1 is 1.52 bits per heavy atom. The molecule has 116 valence electrons.